The first-order valence-corrected chi connectivity index (χ1v) is 6.26. The van der Waals surface area contributed by atoms with Crippen LogP contribution in [-0.4, -0.2) is 12.5 Å². The van der Waals surface area contributed by atoms with Crippen LogP contribution in [0.3, 0.4) is 0 Å². The van der Waals surface area contributed by atoms with Gasteiger partial charge in [-0.25, -0.2) is 13.2 Å². The van der Waals surface area contributed by atoms with Crippen molar-refractivity contribution in [1.29, 1.82) is 0 Å². The Balaban J connectivity index is 2.16. The van der Waals surface area contributed by atoms with Crippen molar-refractivity contribution in [3.05, 3.63) is 65.0 Å². The quantitative estimate of drug-likeness (QED) is 0.852. The Morgan fingerprint density at radius 3 is 2.29 bits per heavy atom. The van der Waals surface area contributed by atoms with Gasteiger partial charge in [-0.1, -0.05) is 12.1 Å². The maximum atomic E-state index is 13.5. The zero-order valence-electron chi connectivity index (χ0n) is 11.0. The number of carbonyl (C=O) groups is 1. The summed E-state index contributed by atoms with van der Waals surface area (Å²) < 4.78 is 39.3. The molecule has 2 aromatic rings. The number of amides is 1. The average Bonchev–Trinajstić information content (AvgIpc) is 2.49. The lowest BCUT2D eigenvalue weighted by atomic mass is 10.1. The number of benzene rings is 2. The maximum absolute atomic E-state index is 13.5. The van der Waals surface area contributed by atoms with Gasteiger partial charge in [0.25, 0.3) is 5.91 Å². The molecule has 3 N–H and O–H groups in total. The first kappa shape index (κ1) is 15.1. The fourth-order valence-corrected chi connectivity index (χ4v) is 1.81. The Morgan fingerprint density at radius 1 is 1.00 bits per heavy atom. The van der Waals surface area contributed by atoms with Crippen LogP contribution in [0.5, 0.6) is 0 Å². The van der Waals surface area contributed by atoms with Crippen molar-refractivity contribution in [2.24, 2.45) is 5.73 Å². The van der Waals surface area contributed by atoms with Crippen LogP contribution in [0.25, 0.3) is 0 Å². The molecule has 0 bridgehead atoms. The third-order valence-electron chi connectivity index (χ3n) is 2.93. The molecule has 0 aromatic heterocycles. The fourth-order valence-electron chi connectivity index (χ4n) is 1.81. The topological polar surface area (TPSA) is 55.1 Å². The van der Waals surface area contributed by atoms with E-state index in [1.807, 2.05) is 0 Å². The van der Waals surface area contributed by atoms with Crippen molar-refractivity contribution in [2.45, 2.75) is 6.42 Å². The number of hydrogen-bond donors (Lipinski definition) is 2. The molecular weight excluding hydrogens is 281 g/mol. The van der Waals surface area contributed by atoms with Gasteiger partial charge in [-0.2, -0.15) is 0 Å². The molecule has 0 aliphatic heterocycles. The molecule has 3 nitrogen and oxygen atoms in total. The van der Waals surface area contributed by atoms with E-state index in [0.717, 1.165) is 17.7 Å². The molecule has 0 heterocycles. The van der Waals surface area contributed by atoms with Crippen LogP contribution in [-0.2, 0) is 6.42 Å². The second-order valence-electron chi connectivity index (χ2n) is 4.41. The van der Waals surface area contributed by atoms with Crippen LogP contribution in [0.4, 0.5) is 18.9 Å². The molecular formula is C15H13F3N2O. The van der Waals surface area contributed by atoms with Gasteiger partial charge in [0.1, 0.15) is 0 Å². The van der Waals surface area contributed by atoms with Gasteiger partial charge in [0.15, 0.2) is 17.5 Å². The Labute approximate surface area is 119 Å². The van der Waals surface area contributed by atoms with Gasteiger partial charge in [-0.15, -0.1) is 0 Å². The molecule has 0 fully saturated rings. The smallest absolute Gasteiger partial charge is 0.255 e. The van der Waals surface area contributed by atoms with E-state index in [0.29, 0.717) is 13.0 Å². The summed E-state index contributed by atoms with van der Waals surface area (Å²) in [5.41, 5.74) is 6.25. The Bertz CT molecular complexity index is 657. The molecule has 21 heavy (non-hydrogen) atoms. The zero-order chi connectivity index (χ0) is 15.4. The predicted octanol–water partition coefficient (Wildman–Crippen LogP) is 2.86. The highest BCUT2D eigenvalue weighted by Crippen LogP contribution is 2.20. The van der Waals surface area contributed by atoms with Crippen LogP contribution < -0.4 is 11.1 Å². The van der Waals surface area contributed by atoms with Crippen LogP contribution in [0, 0.1) is 17.5 Å². The van der Waals surface area contributed by atoms with E-state index in [1.165, 1.54) is 0 Å². The molecule has 0 aliphatic carbocycles. The minimum Gasteiger partial charge on any atom is -0.330 e. The van der Waals surface area contributed by atoms with Gasteiger partial charge in [0.2, 0.25) is 0 Å². The van der Waals surface area contributed by atoms with Crippen molar-refractivity contribution in [2.75, 3.05) is 11.9 Å². The third-order valence-corrected chi connectivity index (χ3v) is 2.93. The van der Waals surface area contributed by atoms with Gasteiger partial charge in [-0.3, -0.25) is 4.79 Å². The minimum absolute atomic E-state index is 0.278. The third kappa shape index (κ3) is 3.41. The Kier molecular flexibility index (Phi) is 4.59. The molecule has 2 rings (SSSR count). The first-order chi connectivity index (χ1) is 10.0. The van der Waals surface area contributed by atoms with E-state index in [4.69, 9.17) is 5.73 Å². The van der Waals surface area contributed by atoms with Crippen LogP contribution in [0.1, 0.15) is 15.9 Å². The zero-order valence-corrected chi connectivity index (χ0v) is 11.0. The van der Waals surface area contributed by atoms with Crippen LogP contribution in [0.2, 0.25) is 0 Å². The second-order valence-corrected chi connectivity index (χ2v) is 4.41. The summed E-state index contributed by atoms with van der Waals surface area (Å²) in [6.45, 7) is 0.492. The van der Waals surface area contributed by atoms with E-state index in [9.17, 15) is 18.0 Å². The summed E-state index contributed by atoms with van der Waals surface area (Å²) in [5, 5.41) is 2.20. The molecule has 0 radical (unpaired) electrons. The van der Waals surface area contributed by atoms with Crippen molar-refractivity contribution in [3.63, 3.8) is 0 Å². The number of nitrogens with one attached hydrogen (secondary N) is 1. The van der Waals surface area contributed by atoms with Gasteiger partial charge in [0.05, 0.1) is 5.69 Å². The maximum Gasteiger partial charge on any atom is 0.255 e. The molecule has 0 unspecified atom stereocenters. The number of anilines is 1. The van der Waals surface area contributed by atoms with Crippen molar-refractivity contribution >= 4 is 11.6 Å². The van der Waals surface area contributed by atoms with Crippen molar-refractivity contribution < 1.29 is 18.0 Å². The lowest BCUT2D eigenvalue weighted by molar-refractivity contribution is 0.102. The number of hydrogen-bond acceptors (Lipinski definition) is 2. The van der Waals surface area contributed by atoms with E-state index in [1.54, 1.807) is 24.3 Å². The first-order valence-electron chi connectivity index (χ1n) is 6.26. The molecule has 2 aromatic carbocycles. The number of halogens is 3. The Hall–Kier alpha value is -2.34. The highest BCUT2D eigenvalue weighted by atomic mass is 19.2. The normalized spacial score (nSPS) is 10.5. The highest BCUT2D eigenvalue weighted by molar-refractivity contribution is 6.04. The predicted molar refractivity (Wildman–Crippen MR) is 73.5 cm³/mol. The van der Waals surface area contributed by atoms with E-state index < -0.39 is 29.0 Å². The molecule has 1 amide bonds. The van der Waals surface area contributed by atoms with Gasteiger partial charge in [0, 0.05) is 5.56 Å². The van der Waals surface area contributed by atoms with Crippen molar-refractivity contribution in [1.82, 2.24) is 0 Å². The van der Waals surface area contributed by atoms with E-state index >= 15 is 0 Å². The van der Waals surface area contributed by atoms with Crippen LogP contribution in [0.15, 0.2) is 36.4 Å². The molecule has 0 saturated carbocycles. The summed E-state index contributed by atoms with van der Waals surface area (Å²) in [7, 11) is 0. The Morgan fingerprint density at radius 2 is 1.67 bits per heavy atom. The molecule has 0 aliphatic rings. The summed E-state index contributed by atoms with van der Waals surface area (Å²) in [5.74, 6) is -4.97. The molecule has 0 spiro atoms. The highest BCUT2D eigenvalue weighted by Gasteiger charge is 2.15. The second kappa shape index (κ2) is 6.41. The summed E-state index contributed by atoms with van der Waals surface area (Å²) in [4.78, 5) is 11.9. The standard InChI is InChI=1S/C15H13F3N2O/c16-11-5-6-12(14(18)13(11)17)20-15(21)10-3-1-9(2-4-10)7-8-19/h1-6H,7-8,19H2,(H,20,21). The summed E-state index contributed by atoms with van der Waals surface area (Å²) >= 11 is 0. The van der Waals surface area contributed by atoms with Gasteiger partial charge in [-0.05, 0) is 42.8 Å². The van der Waals surface area contributed by atoms with E-state index in [2.05, 4.69) is 5.32 Å². The number of carbonyl (C=O) groups excluding carboxylic acids is 1. The monoisotopic (exact) mass is 294 g/mol. The van der Waals surface area contributed by atoms with Gasteiger partial charge >= 0.3 is 0 Å². The lowest BCUT2D eigenvalue weighted by Gasteiger charge is -2.08. The minimum atomic E-state index is -1.62. The SMILES string of the molecule is NCCc1ccc(C(=O)Nc2ccc(F)c(F)c2F)cc1. The summed E-state index contributed by atoms with van der Waals surface area (Å²) in [6.07, 6.45) is 0.680. The lowest BCUT2D eigenvalue weighted by Crippen LogP contribution is -2.14. The molecule has 0 saturated heterocycles. The largest absolute Gasteiger partial charge is 0.330 e. The average molecular weight is 294 g/mol. The van der Waals surface area contributed by atoms with Crippen molar-refractivity contribution in [3.8, 4) is 0 Å². The number of rotatable bonds is 4. The van der Waals surface area contributed by atoms with Crippen LogP contribution >= 0.6 is 0 Å². The molecule has 6 heteroatoms. The van der Waals surface area contributed by atoms with E-state index in [-0.39, 0.29) is 5.56 Å². The molecule has 110 valence electrons. The fraction of sp³-hybridized carbons (Fsp3) is 0.133. The number of nitrogens with two attached hydrogens (primary N) is 1. The van der Waals surface area contributed by atoms with Gasteiger partial charge < -0.3 is 11.1 Å². The summed E-state index contributed by atoms with van der Waals surface area (Å²) in [6, 6.07) is 8.27. The molecule has 0 atom stereocenters.